The van der Waals surface area contributed by atoms with Gasteiger partial charge in [0.25, 0.3) is 0 Å². The molecule has 1 aliphatic heterocycles. The summed E-state index contributed by atoms with van der Waals surface area (Å²) in [5.41, 5.74) is 3.21. The van der Waals surface area contributed by atoms with E-state index in [4.69, 9.17) is 0 Å². The molecular formula is C19H17F3N2. The molecule has 0 unspecified atom stereocenters. The van der Waals surface area contributed by atoms with E-state index in [1.165, 1.54) is 17.8 Å². The van der Waals surface area contributed by atoms with Gasteiger partial charge in [-0.2, -0.15) is 13.2 Å². The van der Waals surface area contributed by atoms with Crippen LogP contribution in [0, 0.1) is 0 Å². The van der Waals surface area contributed by atoms with E-state index in [1.54, 1.807) is 6.07 Å². The lowest BCUT2D eigenvalue weighted by molar-refractivity contribution is -0.137. The maximum Gasteiger partial charge on any atom is 0.416 e. The average molecular weight is 330 g/mol. The highest BCUT2D eigenvalue weighted by atomic mass is 19.4. The summed E-state index contributed by atoms with van der Waals surface area (Å²) in [5, 5.41) is 4.46. The molecule has 2 heterocycles. The molecule has 0 fully saturated rings. The van der Waals surface area contributed by atoms with Crippen LogP contribution in [0.2, 0.25) is 0 Å². The SMILES string of the molecule is FC(F)(F)c1cccc(-c2ccc3c(c2)cc2n3CCNCC2)c1. The standard InChI is InChI=1S/C19H17F3N2/c20-19(21,22)16-3-1-2-13(11-16)14-4-5-18-15(10-14)12-17-6-7-23-8-9-24(17)18/h1-5,10-12,23H,6-9H2. The summed E-state index contributed by atoms with van der Waals surface area (Å²) < 4.78 is 41.1. The molecule has 24 heavy (non-hydrogen) atoms. The topological polar surface area (TPSA) is 17.0 Å². The van der Waals surface area contributed by atoms with Gasteiger partial charge in [0.15, 0.2) is 0 Å². The number of halogens is 3. The van der Waals surface area contributed by atoms with Gasteiger partial charge in [-0.05, 0) is 41.5 Å². The molecule has 5 heteroatoms. The number of fused-ring (bicyclic) bond motifs is 3. The van der Waals surface area contributed by atoms with E-state index in [0.29, 0.717) is 5.56 Å². The second-order valence-corrected chi connectivity index (χ2v) is 6.14. The number of rotatable bonds is 1. The van der Waals surface area contributed by atoms with Gasteiger partial charge in [-0.1, -0.05) is 18.2 Å². The molecule has 2 nitrogen and oxygen atoms in total. The van der Waals surface area contributed by atoms with Crippen LogP contribution in [0.1, 0.15) is 11.3 Å². The van der Waals surface area contributed by atoms with Gasteiger partial charge in [-0.3, -0.25) is 0 Å². The zero-order valence-corrected chi connectivity index (χ0v) is 13.0. The summed E-state index contributed by atoms with van der Waals surface area (Å²) in [7, 11) is 0. The minimum Gasteiger partial charge on any atom is -0.343 e. The van der Waals surface area contributed by atoms with Crippen molar-refractivity contribution in [3.05, 3.63) is 59.8 Å². The first-order chi connectivity index (χ1) is 11.5. The lowest BCUT2D eigenvalue weighted by Gasteiger charge is -2.10. The third kappa shape index (κ3) is 2.69. The molecule has 1 N–H and O–H groups in total. The second kappa shape index (κ2) is 5.67. The highest BCUT2D eigenvalue weighted by molar-refractivity contribution is 5.86. The molecule has 4 rings (SSSR count). The van der Waals surface area contributed by atoms with Crippen molar-refractivity contribution >= 4 is 10.9 Å². The predicted molar refractivity (Wildman–Crippen MR) is 88.9 cm³/mol. The Bertz CT molecular complexity index is 893. The van der Waals surface area contributed by atoms with Crippen molar-refractivity contribution in [2.45, 2.75) is 19.1 Å². The van der Waals surface area contributed by atoms with Crippen molar-refractivity contribution in [3.8, 4) is 11.1 Å². The van der Waals surface area contributed by atoms with Gasteiger partial charge in [0.05, 0.1) is 5.56 Å². The van der Waals surface area contributed by atoms with Gasteiger partial charge in [0.2, 0.25) is 0 Å². The molecule has 1 aromatic heterocycles. The smallest absolute Gasteiger partial charge is 0.343 e. The number of aromatic nitrogens is 1. The third-order valence-corrected chi connectivity index (χ3v) is 4.58. The molecule has 0 saturated heterocycles. The highest BCUT2D eigenvalue weighted by Gasteiger charge is 2.30. The number of nitrogens with zero attached hydrogens (tertiary/aromatic N) is 1. The molecule has 0 aliphatic carbocycles. The van der Waals surface area contributed by atoms with Crippen LogP contribution in [0.5, 0.6) is 0 Å². The van der Waals surface area contributed by atoms with Gasteiger partial charge in [-0.25, -0.2) is 0 Å². The fourth-order valence-electron chi connectivity index (χ4n) is 3.39. The Hall–Kier alpha value is -2.27. The van der Waals surface area contributed by atoms with E-state index in [1.807, 2.05) is 18.2 Å². The number of nitrogens with one attached hydrogen (secondary N) is 1. The van der Waals surface area contributed by atoms with Crippen molar-refractivity contribution < 1.29 is 13.2 Å². The van der Waals surface area contributed by atoms with Crippen LogP contribution < -0.4 is 5.32 Å². The minimum atomic E-state index is -4.32. The normalized spacial score (nSPS) is 15.3. The summed E-state index contributed by atoms with van der Waals surface area (Å²) in [4.78, 5) is 0. The van der Waals surface area contributed by atoms with Gasteiger partial charge < -0.3 is 9.88 Å². The Kier molecular flexibility index (Phi) is 3.61. The molecular weight excluding hydrogens is 313 g/mol. The molecule has 0 spiro atoms. The molecule has 1 aliphatic rings. The summed E-state index contributed by atoms with van der Waals surface area (Å²) in [6, 6.07) is 13.6. The lowest BCUT2D eigenvalue weighted by Crippen LogP contribution is -2.17. The monoisotopic (exact) mass is 330 g/mol. The molecule has 2 aromatic carbocycles. The molecule has 0 atom stereocenters. The van der Waals surface area contributed by atoms with Crippen LogP contribution in [-0.4, -0.2) is 17.7 Å². The van der Waals surface area contributed by atoms with Crippen LogP contribution in [0.25, 0.3) is 22.0 Å². The molecule has 0 saturated carbocycles. The number of alkyl halides is 3. The van der Waals surface area contributed by atoms with Crippen molar-refractivity contribution in [1.29, 1.82) is 0 Å². The lowest BCUT2D eigenvalue weighted by atomic mass is 10.0. The highest BCUT2D eigenvalue weighted by Crippen LogP contribution is 2.33. The maximum absolute atomic E-state index is 12.9. The van der Waals surface area contributed by atoms with Crippen LogP contribution >= 0.6 is 0 Å². The quantitative estimate of drug-likeness (QED) is 0.696. The van der Waals surface area contributed by atoms with E-state index in [9.17, 15) is 13.2 Å². The largest absolute Gasteiger partial charge is 0.416 e. The molecule has 0 amide bonds. The average Bonchev–Trinajstić information content (AvgIpc) is 2.74. The minimum absolute atomic E-state index is 0.592. The molecule has 3 aromatic rings. The zero-order valence-electron chi connectivity index (χ0n) is 13.0. The third-order valence-electron chi connectivity index (χ3n) is 4.58. The van der Waals surface area contributed by atoms with Gasteiger partial charge in [-0.15, -0.1) is 0 Å². The molecule has 0 radical (unpaired) electrons. The van der Waals surface area contributed by atoms with E-state index in [0.717, 1.165) is 48.6 Å². The summed E-state index contributed by atoms with van der Waals surface area (Å²) in [6.45, 7) is 2.81. The van der Waals surface area contributed by atoms with Crippen LogP contribution in [-0.2, 0) is 19.1 Å². The fraction of sp³-hybridized carbons (Fsp3) is 0.263. The van der Waals surface area contributed by atoms with Gasteiger partial charge in [0, 0.05) is 42.7 Å². The van der Waals surface area contributed by atoms with Crippen molar-refractivity contribution in [1.82, 2.24) is 9.88 Å². The van der Waals surface area contributed by atoms with Gasteiger partial charge >= 0.3 is 6.18 Å². The molecule has 0 bridgehead atoms. The summed E-state index contributed by atoms with van der Waals surface area (Å²) in [6.07, 6.45) is -3.35. The van der Waals surface area contributed by atoms with E-state index in [-0.39, 0.29) is 0 Å². The number of benzene rings is 2. The Labute approximate surface area is 137 Å². The van der Waals surface area contributed by atoms with Crippen LogP contribution in [0.4, 0.5) is 13.2 Å². The Morgan fingerprint density at radius 3 is 2.58 bits per heavy atom. The first-order valence-corrected chi connectivity index (χ1v) is 8.03. The van der Waals surface area contributed by atoms with E-state index >= 15 is 0 Å². The van der Waals surface area contributed by atoms with Crippen LogP contribution in [0.3, 0.4) is 0 Å². The van der Waals surface area contributed by atoms with Crippen molar-refractivity contribution in [2.75, 3.05) is 13.1 Å². The zero-order chi connectivity index (χ0) is 16.7. The maximum atomic E-state index is 12.9. The Morgan fingerprint density at radius 1 is 0.917 bits per heavy atom. The first-order valence-electron chi connectivity index (χ1n) is 8.03. The molecule has 124 valence electrons. The predicted octanol–water partition coefficient (Wildman–Crippen LogP) is 4.47. The fourth-order valence-corrected chi connectivity index (χ4v) is 3.39. The van der Waals surface area contributed by atoms with Crippen LogP contribution in [0.15, 0.2) is 48.5 Å². The number of hydrogen-bond acceptors (Lipinski definition) is 1. The van der Waals surface area contributed by atoms with E-state index in [2.05, 4.69) is 16.0 Å². The van der Waals surface area contributed by atoms with E-state index < -0.39 is 11.7 Å². The summed E-state index contributed by atoms with van der Waals surface area (Å²) in [5.74, 6) is 0. The Morgan fingerprint density at radius 2 is 1.75 bits per heavy atom. The second-order valence-electron chi connectivity index (χ2n) is 6.14. The van der Waals surface area contributed by atoms with Crippen molar-refractivity contribution in [2.24, 2.45) is 0 Å². The summed E-state index contributed by atoms with van der Waals surface area (Å²) >= 11 is 0. The number of hydrogen-bond donors (Lipinski definition) is 1. The Balaban J connectivity index is 1.79. The van der Waals surface area contributed by atoms with Gasteiger partial charge in [0.1, 0.15) is 0 Å². The first kappa shape index (κ1) is 15.3. The van der Waals surface area contributed by atoms with Crippen molar-refractivity contribution in [3.63, 3.8) is 0 Å².